The van der Waals surface area contributed by atoms with Crippen LogP contribution in [-0.4, -0.2) is 31.8 Å². The molecule has 1 aromatic carbocycles. The molecule has 0 aliphatic heterocycles. The van der Waals surface area contributed by atoms with Gasteiger partial charge in [0.2, 0.25) is 0 Å². The predicted octanol–water partition coefficient (Wildman–Crippen LogP) is 2.61. The summed E-state index contributed by atoms with van der Waals surface area (Å²) in [6, 6.07) is 4.23. The van der Waals surface area contributed by atoms with Gasteiger partial charge in [-0.25, -0.2) is 0 Å². The highest BCUT2D eigenvalue weighted by atomic mass is 32.1. The Morgan fingerprint density at radius 2 is 2.00 bits per heavy atom. The number of hydrogen-bond acceptors (Lipinski definition) is 5. The molecule has 0 aliphatic carbocycles. The van der Waals surface area contributed by atoms with Gasteiger partial charge in [-0.1, -0.05) is 6.07 Å². The largest absolute Gasteiger partial charge is 0.484 e. The van der Waals surface area contributed by atoms with Gasteiger partial charge in [0, 0.05) is 11.6 Å². The third-order valence-corrected chi connectivity index (χ3v) is 2.35. The first kappa shape index (κ1) is 16.5. The Balaban J connectivity index is 2.93. The Morgan fingerprint density at radius 3 is 2.55 bits per heavy atom. The van der Waals surface area contributed by atoms with E-state index in [9.17, 15) is 18.0 Å². The molecule has 8 heteroatoms. The monoisotopic (exact) mass is 310 g/mol. The first-order valence-corrected chi connectivity index (χ1v) is 6.12. The fraction of sp³-hybridized carbons (Fsp3) is 0.417. The van der Waals surface area contributed by atoms with Crippen molar-refractivity contribution < 1.29 is 32.2 Å². The third-order valence-electron chi connectivity index (χ3n) is 2.22. The highest BCUT2D eigenvalue weighted by molar-refractivity contribution is 7.80. The lowest BCUT2D eigenvalue weighted by Crippen LogP contribution is -2.20. The van der Waals surface area contributed by atoms with E-state index >= 15 is 0 Å². The number of thiol groups is 1. The van der Waals surface area contributed by atoms with E-state index in [0.29, 0.717) is 5.75 Å². The highest BCUT2D eigenvalue weighted by Gasteiger charge is 2.29. The van der Waals surface area contributed by atoms with E-state index in [1.54, 1.807) is 0 Å². The van der Waals surface area contributed by atoms with Crippen molar-refractivity contribution in [2.45, 2.75) is 12.6 Å². The fourth-order valence-electron chi connectivity index (χ4n) is 1.37. The predicted molar refractivity (Wildman–Crippen MR) is 68.2 cm³/mol. The number of rotatable bonds is 6. The van der Waals surface area contributed by atoms with Crippen molar-refractivity contribution in [2.75, 3.05) is 19.7 Å². The van der Waals surface area contributed by atoms with Crippen LogP contribution in [0.25, 0.3) is 0 Å². The van der Waals surface area contributed by atoms with E-state index in [4.69, 9.17) is 9.47 Å². The molecule has 0 N–H and O–H groups in total. The van der Waals surface area contributed by atoms with E-state index in [1.165, 1.54) is 25.3 Å². The molecule has 0 aliphatic rings. The number of alkyl halides is 3. The Hall–Kier alpha value is -1.57. The van der Waals surface area contributed by atoms with Gasteiger partial charge in [-0.2, -0.15) is 13.2 Å². The highest BCUT2D eigenvalue weighted by Crippen LogP contribution is 2.27. The van der Waals surface area contributed by atoms with Crippen molar-refractivity contribution in [1.29, 1.82) is 0 Å². The zero-order valence-corrected chi connectivity index (χ0v) is 11.5. The first-order valence-electron chi connectivity index (χ1n) is 5.48. The van der Waals surface area contributed by atoms with E-state index in [1.807, 2.05) is 0 Å². The molecule has 0 unspecified atom stereocenters. The van der Waals surface area contributed by atoms with E-state index in [2.05, 4.69) is 17.4 Å². The van der Waals surface area contributed by atoms with Gasteiger partial charge >= 0.3 is 12.1 Å². The van der Waals surface area contributed by atoms with E-state index in [-0.39, 0.29) is 23.7 Å². The summed E-state index contributed by atoms with van der Waals surface area (Å²) in [5, 5.41) is 0. The quantitative estimate of drug-likeness (QED) is 0.498. The first-order chi connectivity index (χ1) is 9.35. The van der Waals surface area contributed by atoms with Crippen molar-refractivity contribution in [3.05, 3.63) is 23.8 Å². The zero-order chi connectivity index (χ0) is 15.2. The zero-order valence-electron chi connectivity index (χ0n) is 10.6. The number of esters is 1. The molecule has 20 heavy (non-hydrogen) atoms. The summed E-state index contributed by atoms with van der Waals surface area (Å²) in [6.07, 6.45) is -4.66. The smallest absolute Gasteiger partial charge is 0.422 e. The summed E-state index contributed by atoms with van der Waals surface area (Å²) in [4.78, 5) is 11.2. The Morgan fingerprint density at radius 1 is 1.30 bits per heavy atom. The third kappa shape index (κ3) is 5.60. The van der Waals surface area contributed by atoms with Gasteiger partial charge in [0.1, 0.15) is 17.4 Å². The Kier molecular flexibility index (Phi) is 6.00. The van der Waals surface area contributed by atoms with Crippen LogP contribution in [0.2, 0.25) is 0 Å². The van der Waals surface area contributed by atoms with Crippen LogP contribution < -0.4 is 9.47 Å². The van der Waals surface area contributed by atoms with Crippen LogP contribution in [0.4, 0.5) is 13.2 Å². The van der Waals surface area contributed by atoms with Gasteiger partial charge in [-0.05, 0) is 6.07 Å². The lowest BCUT2D eigenvalue weighted by Gasteiger charge is -2.14. The topological polar surface area (TPSA) is 44.8 Å². The van der Waals surface area contributed by atoms with Crippen molar-refractivity contribution in [2.24, 2.45) is 0 Å². The van der Waals surface area contributed by atoms with Gasteiger partial charge in [-0.15, -0.1) is 12.6 Å². The summed E-state index contributed by atoms with van der Waals surface area (Å²) < 4.78 is 50.8. The standard InChI is InChI=1S/C12H13F3O4S/c1-17-11(16)4-8-2-3-9(19-7-20)5-10(8)18-6-12(13,14)15/h2-3,5,20H,4,6-7H2,1H3. The minimum atomic E-state index is -4.47. The summed E-state index contributed by atoms with van der Waals surface area (Å²) in [6.45, 7) is -1.45. The number of carbonyl (C=O) groups is 1. The second kappa shape index (κ2) is 7.28. The maximum Gasteiger partial charge on any atom is 0.422 e. The molecule has 0 saturated heterocycles. The van der Waals surface area contributed by atoms with E-state index in [0.717, 1.165) is 0 Å². The molecule has 1 aromatic rings. The van der Waals surface area contributed by atoms with Crippen molar-refractivity contribution in [3.63, 3.8) is 0 Å². The van der Waals surface area contributed by atoms with E-state index < -0.39 is 18.8 Å². The lowest BCUT2D eigenvalue weighted by atomic mass is 10.1. The Bertz CT molecular complexity index is 463. The number of benzene rings is 1. The molecule has 0 spiro atoms. The number of carbonyl (C=O) groups excluding carboxylic acids is 1. The summed E-state index contributed by atoms with van der Waals surface area (Å²) in [5.41, 5.74) is 0.285. The molecular formula is C12H13F3O4S. The summed E-state index contributed by atoms with van der Waals surface area (Å²) in [7, 11) is 1.19. The second-order valence-electron chi connectivity index (χ2n) is 3.70. The number of methoxy groups -OCH3 is 1. The summed E-state index contributed by atoms with van der Waals surface area (Å²) >= 11 is 3.84. The molecule has 0 saturated carbocycles. The van der Waals surface area contributed by atoms with Gasteiger partial charge in [0.25, 0.3) is 0 Å². The van der Waals surface area contributed by atoms with Crippen LogP contribution in [0.3, 0.4) is 0 Å². The van der Waals surface area contributed by atoms with Gasteiger partial charge < -0.3 is 14.2 Å². The molecule has 112 valence electrons. The summed E-state index contributed by atoms with van der Waals surface area (Å²) in [5.74, 6) is -0.294. The van der Waals surface area contributed by atoms with Crippen molar-refractivity contribution in [3.8, 4) is 11.5 Å². The molecule has 1 rings (SSSR count). The average Bonchev–Trinajstić information content (AvgIpc) is 2.38. The van der Waals surface area contributed by atoms with Crippen LogP contribution >= 0.6 is 12.6 Å². The molecule has 0 fully saturated rings. The van der Waals surface area contributed by atoms with Crippen molar-refractivity contribution >= 4 is 18.6 Å². The molecule has 0 bridgehead atoms. The van der Waals surface area contributed by atoms with Gasteiger partial charge in [-0.3, -0.25) is 4.79 Å². The second-order valence-corrected chi connectivity index (χ2v) is 3.96. The maximum absolute atomic E-state index is 12.2. The molecule has 0 amide bonds. The minimum Gasteiger partial charge on any atom is -0.484 e. The number of halogens is 3. The van der Waals surface area contributed by atoms with Crippen LogP contribution in [0.15, 0.2) is 18.2 Å². The molecule has 4 nitrogen and oxygen atoms in total. The minimum absolute atomic E-state index is 0.0645. The Labute approximate surface area is 119 Å². The van der Waals surface area contributed by atoms with Crippen LogP contribution in [0.5, 0.6) is 11.5 Å². The van der Waals surface area contributed by atoms with Gasteiger partial charge in [0.15, 0.2) is 6.61 Å². The van der Waals surface area contributed by atoms with Crippen LogP contribution in [-0.2, 0) is 16.0 Å². The number of hydrogen-bond donors (Lipinski definition) is 1. The molecule has 0 heterocycles. The van der Waals surface area contributed by atoms with Crippen molar-refractivity contribution in [1.82, 2.24) is 0 Å². The molecule has 0 atom stereocenters. The fourth-order valence-corrected chi connectivity index (χ4v) is 1.52. The molecule has 0 aromatic heterocycles. The van der Waals surface area contributed by atoms with Crippen LogP contribution in [0, 0.1) is 0 Å². The number of ether oxygens (including phenoxy) is 3. The average molecular weight is 310 g/mol. The normalized spacial score (nSPS) is 11.1. The SMILES string of the molecule is COC(=O)Cc1ccc(OCS)cc1OCC(F)(F)F. The van der Waals surface area contributed by atoms with Gasteiger partial charge in [0.05, 0.1) is 13.5 Å². The lowest BCUT2D eigenvalue weighted by molar-refractivity contribution is -0.153. The maximum atomic E-state index is 12.2. The molecular weight excluding hydrogens is 297 g/mol. The molecule has 0 radical (unpaired) electrons. The van der Waals surface area contributed by atoms with Crippen LogP contribution in [0.1, 0.15) is 5.56 Å².